The van der Waals surface area contributed by atoms with Crippen LogP contribution in [0.2, 0.25) is 5.02 Å². The van der Waals surface area contributed by atoms with Crippen molar-refractivity contribution in [3.63, 3.8) is 0 Å². The molecule has 4 nitrogen and oxygen atoms in total. The highest BCUT2D eigenvalue weighted by molar-refractivity contribution is 6.33. The lowest BCUT2D eigenvalue weighted by Crippen LogP contribution is -2.13. The summed E-state index contributed by atoms with van der Waals surface area (Å²) in [6, 6.07) is 11.8. The number of benzene rings is 2. The Morgan fingerprint density at radius 3 is 2.50 bits per heavy atom. The molecule has 3 rings (SSSR count). The van der Waals surface area contributed by atoms with Crippen LogP contribution in [-0.2, 0) is 0 Å². The molecule has 0 saturated carbocycles. The molecule has 6 heteroatoms. The molecule has 0 aliphatic carbocycles. The van der Waals surface area contributed by atoms with E-state index in [1.807, 2.05) is 24.3 Å². The van der Waals surface area contributed by atoms with Crippen LogP contribution in [0.5, 0.6) is 0 Å². The Bertz CT molecular complexity index is 929. The predicted octanol–water partition coefficient (Wildman–Crippen LogP) is 5.82. The number of aryl methyl sites for hydroxylation is 1. The summed E-state index contributed by atoms with van der Waals surface area (Å²) in [4.78, 5) is 12.8. The van der Waals surface area contributed by atoms with Crippen molar-refractivity contribution in [3.8, 4) is 11.3 Å². The van der Waals surface area contributed by atoms with Crippen molar-refractivity contribution >= 4 is 23.2 Å². The first-order chi connectivity index (χ1) is 12.4. The second-order valence-electron chi connectivity index (χ2n) is 6.29. The number of amides is 1. The van der Waals surface area contributed by atoms with Crippen molar-refractivity contribution in [1.82, 2.24) is 5.16 Å². The summed E-state index contributed by atoms with van der Waals surface area (Å²) >= 11 is 6.10. The van der Waals surface area contributed by atoms with Gasteiger partial charge in [-0.3, -0.25) is 4.79 Å². The maximum absolute atomic E-state index is 14.2. The Hall–Kier alpha value is -2.66. The molecule has 1 aromatic heterocycles. The zero-order valence-electron chi connectivity index (χ0n) is 14.6. The number of anilines is 1. The van der Waals surface area contributed by atoms with E-state index < -0.39 is 11.7 Å². The predicted molar refractivity (Wildman–Crippen MR) is 100 cm³/mol. The molecule has 0 aliphatic heterocycles. The van der Waals surface area contributed by atoms with E-state index in [0.717, 1.165) is 0 Å². The van der Waals surface area contributed by atoms with Crippen LogP contribution in [0, 0.1) is 12.7 Å². The average molecular weight is 373 g/mol. The number of halogens is 2. The van der Waals surface area contributed by atoms with E-state index in [2.05, 4.69) is 24.3 Å². The summed E-state index contributed by atoms with van der Waals surface area (Å²) in [7, 11) is 0. The fourth-order valence-corrected chi connectivity index (χ4v) is 2.93. The van der Waals surface area contributed by atoms with Gasteiger partial charge in [0.25, 0.3) is 5.91 Å². The summed E-state index contributed by atoms with van der Waals surface area (Å²) in [5.74, 6) is -0.318. The van der Waals surface area contributed by atoms with Crippen LogP contribution < -0.4 is 5.32 Å². The molecule has 0 atom stereocenters. The molecule has 2 aromatic carbocycles. The van der Waals surface area contributed by atoms with Gasteiger partial charge >= 0.3 is 0 Å². The second kappa shape index (κ2) is 7.30. The molecule has 0 fully saturated rings. The van der Waals surface area contributed by atoms with Crippen LogP contribution in [0.25, 0.3) is 11.3 Å². The molecule has 134 valence electrons. The molecule has 0 spiro atoms. The molecule has 1 N–H and O–H groups in total. The molecule has 0 unspecified atom stereocenters. The average Bonchev–Trinajstić information content (AvgIpc) is 2.96. The fraction of sp³-hybridized carbons (Fsp3) is 0.200. The molecular weight excluding hydrogens is 355 g/mol. The quantitative estimate of drug-likeness (QED) is 0.628. The van der Waals surface area contributed by atoms with Crippen LogP contribution in [0.15, 0.2) is 47.0 Å². The van der Waals surface area contributed by atoms with E-state index in [0.29, 0.717) is 11.6 Å². The number of nitrogens with zero attached hydrogens (tertiary/aromatic N) is 1. The van der Waals surface area contributed by atoms with Crippen LogP contribution in [0.1, 0.15) is 41.4 Å². The molecule has 1 amide bonds. The lowest BCUT2D eigenvalue weighted by molar-refractivity contribution is 0.102. The zero-order chi connectivity index (χ0) is 18.8. The molecule has 0 radical (unpaired) electrons. The van der Waals surface area contributed by atoms with Crippen molar-refractivity contribution < 1.29 is 13.7 Å². The Kier molecular flexibility index (Phi) is 5.09. The third-order valence-electron chi connectivity index (χ3n) is 4.12. The van der Waals surface area contributed by atoms with Gasteiger partial charge in [-0.1, -0.05) is 48.8 Å². The van der Waals surface area contributed by atoms with Crippen LogP contribution in [0.3, 0.4) is 0 Å². The van der Waals surface area contributed by atoms with E-state index in [9.17, 15) is 9.18 Å². The number of carbonyl (C=O) groups is 1. The van der Waals surface area contributed by atoms with E-state index in [1.54, 1.807) is 6.92 Å². The molecule has 3 aromatic rings. The lowest BCUT2D eigenvalue weighted by atomic mass is 10.0. The second-order valence-corrected chi connectivity index (χ2v) is 6.70. The first kappa shape index (κ1) is 18.1. The number of rotatable bonds is 4. The van der Waals surface area contributed by atoms with Crippen LogP contribution >= 0.6 is 11.6 Å². The number of nitrogens with one attached hydrogen (secondary N) is 1. The third-order valence-corrected chi connectivity index (χ3v) is 4.44. The maximum Gasteiger partial charge on any atom is 0.261 e. The van der Waals surface area contributed by atoms with E-state index >= 15 is 0 Å². The van der Waals surface area contributed by atoms with Crippen LogP contribution in [-0.4, -0.2) is 11.1 Å². The van der Waals surface area contributed by atoms with Crippen LogP contribution in [0.4, 0.5) is 10.1 Å². The Morgan fingerprint density at radius 1 is 1.19 bits per heavy atom. The van der Waals surface area contributed by atoms with Crippen molar-refractivity contribution in [3.05, 3.63) is 70.2 Å². The van der Waals surface area contributed by atoms with Gasteiger partial charge in [0.2, 0.25) is 0 Å². The number of aromatic nitrogens is 1. The van der Waals surface area contributed by atoms with Gasteiger partial charge in [-0.2, -0.15) is 0 Å². The fourth-order valence-electron chi connectivity index (χ4n) is 2.68. The molecule has 0 aliphatic rings. The van der Waals surface area contributed by atoms with Gasteiger partial charge in [-0.25, -0.2) is 4.39 Å². The topological polar surface area (TPSA) is 55.1 Å². The highest BCUT2D eigenvalue weighted by atomic mass is 35.5. The van der Waals surface area contributed by atoms with E-state index in [-0.39, 0.29) is 27.6 Å². The van der Waals surface area contributed by atoms with Crippen molar-refractivity contribution in [1.29, 1.82) is 0 Å². The minimum Gasteiger partial charge on any atom is -0.360 e. The van der Waals surface area contributed by atoms with Crippen molar-refractivity contribution in [2.45, 2.75) is 26.7 Å². The lowest BCUT2D eigenvalue weighted by Gasteiger charge is -2.09. The minimum absolute atomic E-state index is 0.0475. The SMILES string of the molecule is Cc1onc(-c2c(F)cccc2Cl)c1C(=O)Nc1ccc(C(C)C)cc1. The number of hydrogen-bond donors (Lipinski definition) is 1. The van der Waals surface area contributed by atoms with Crippen molar-refractivity contribution in [2.24, 2.45) is 0 Å². The standard InChI is InChI=1S/C20H18ClFN2O2/c1-11(2)13-7-9-14(10-8-13)23-20(25)17-12(3)26-24-19(17)18-15(21)5-4-6-16(18)22/h4-11H,1-3H3,(H,23,25). The van der Waals surface area contributed by atoms with Gasteiger partial charge < -0.3 is 9.84 Å². The van der Waals surface area contributed by atoms with Crippen molar-refractivity contribution in [2.75, 3.05) is 5.32 Å². The first-order valence-corrected chi connectivity index (χ1v) is 8.58. The summed E-state index contributed by atoms with van der Waals surface area (Å²) in [5.41, 5.74) is 2.09. The molecule has 0 saturated heterocycles. The van der Waals surface area contributed by atoms with Gasteiger partial charge in [0.1, 0.15) is 22.8 Å². The Labute approximate surface area is 156 Å². The summed E-state index contributed by atoms with van der Waals surface area (Å²) in [6.45, 7) is 5.79. The number of hydrogen-bond acceptors (Lipinski definition) is 3. The smallest absolute Gasteiger partial charge is 0.261 e. The monoisotopic (exact) mass is 372 g/mol. The normalized spacial score (nSPS) is 11.0. The maximum atomic E-state index is 14.2. The molecule has 1 heterocycles. The van der Waals surface area contributed by atoms with Gasteiger partial charge in [0.15, 0.2) is 0 Å². The minimum atomic E-state index is -0.568. The Morgan fingerprint density at radius 2 is 1.88 bits per heavy atom. The largest absolute Gasteiger partial charge is 0.360 e. The summed E-state index contributed by atoms with van der Waals surface area (Å²) < 4.78 is 19.4. The summed E-state index contributed by atoms with van der Waals surface area (Å²) in [5, 5.41) is 6.80. The van der Waals surface area contributed by atoms with Gasteiger partial charge in [0, 0.05) is 5.69 Å². The zero-order valence-corrected chi connectivity index (χ0v) is 15.4. The van der Waals surface area contributed by atoms with E-state index in [4.69, 9.17) is 16.1 Å². The first-order valence-electron chi connectivity index (χ1n) is 8.20. The molecule has 0 bridgehead atoms. The van der Waals surface area contributed by atoms with Gasteiger partial charge in [0.05, 0.1) is 10.6 Å². The molecule has 26 heavy (non-hydrogen) atoms. The summed E-state index contributed by atoms with van der Waals surface area (Å²) in [6.07, 6.45) is 0. The molecular formula is C20H18ClFN2O2. The highest BCUT2D eigenvalue weighted by Crippen LogP contribution is 2.33. The van der Waals surface area contributed by atoms with Gasteiger partial charge in [-0.05, 0) is 42.7 Å². The Balaban J connectivity index is 1.95. The number of carbonyl (C=O) groups excluding carboxylic acids is 1. The highest BCUT2D eigenvalue weighted by Gasteiger charge is 2.25. The third kappa shape index (κ3) is 3.48. The van der Waals surface area contributed by atoms with E-state index in [1.165, 1.54) is 23.8 Å². The van der Waals surface area contributed by atoms with Gasteiger partial charge in [-0.15, -0.1) is 0 Å².